The van der Waals surface area contributed by atoms with Crippen molar-refractivity contribution in [2.24, 2.45) is 0 Å². The van der Waals surface area contributed by atoms with Gasteiger partial charge in [-0.3, -0.25) is 4.68 Å². The molecule has 0 unspecified atom stereocenters. The van der Waals surface area contributed by atoms with E-state index in [1.54, 1.807) is 0 Å². The largest absolute Gasteiger partial charge is 1.00 e. The molecule has 0 atom stereocenters. The summed E-state index contributed by atoms with van der Waals surface area (Å²) in [7, 11) is 0. The third kappa shape index (κ3) is 5.40. The first-order valence-corrected chi connectivity index (χ1v) is 3.87. The van der Waals surface area contributed by atoms with Gasteiger partial charge in [-0.1, -0.05) is 0 Å². The van der Waals surface area contributed by atoms with Crippen molar-refractivity contribution >= 4 is 6.98 Å². The molecule has 0 fully saturated rings. The molecule has 0 saturated carbocycles. The normalized spacial score (nSPS) is 10.9. The standard InChI is InChI=1S/C6H9BF3N2O.K/c1-2-12-4-6(3-11-12)13-5-7(8,9)10;/h3-4H,2,5H2,1H3;/q-1;+1. The van der Waals surface area contributed by atoms with Crippen molar-refractivity contribution in [1.29, 1.82) is 0 Å². The van der Waals surface area contributed by atoms with E-state index in [9.17, 15) is 12.9 Å². The molecule has 0 amide bonds. The summed E-state index contributed by atoms with van der Waals surface area (Å²) in [5.74, 6) is 0.154. The zero-order valence-corrected chi connectivity index (χ0v) is 11.2. The van der Waals surface area contributed by atoms with Crippen molar-refractivity contribution in [3.63, 3.8) is 0 Å². The van der Waals surface area contributed by atoms with Crippen LogP contribution in [-0.4, -0.2) is 23.3 Å². The van der Waals surface area contributed by atoms with Crippen molar-refractivity contribution in [1.82, 2.24) is 9.78 Å². The molecule has 8 heteroatoms. The Hall–Kier alpha value is 0.501. The molecule has 3 nitrogen and oxygen atoms in total. The second-order valence-corrected chi connectivity index (χ2v) is 2.55. The molecule has 0 N–H and O–H groups in total. The number of ether oxygens (including phenoxy) is 1. The van der Waals surface area contributed by atoms with Gasteiger partial charge in [-0.15, -0.1) is 0 Å². The van der Waals surface area contributed by atoms with Gasteiger partial charge in [0.1, 0.15) is 0 Å². The fourth-order valence-electron chi connectivity index (χ4n) is 0.783. The minimum absolute atomic E-state index is 0. The second-order valence-electron chi connectivity index (χ2n) is 2.55. The molecule has 0 saturated heterocycles. The molecule has 74 valence electrons. The van der Waals surface area contributed by atoms with E-state index >= 15 is 0 Å². The topological polar surface area (TPSA) is 27.1 Å². The minimum atomic E-state index is -4.88. The number of aryl methyl sites for hydroxylation is 1. The monoisotopic (exact) mass is 232 g/mol. The summed E-state index contributed by atoms with van der Waals surface area (Å²) < 4.78 is 41.2. The Morgan fingerprint density at radius 2 is 2.14 bits per heavy atom. The van der Waals surface area contributed by atoms with Gasteiger partial charge in [-0.2, -0.15) is 5.10 Å². The number of nitrogens with zero attached hydrogens (tertiary/aromatic N) is 2. The number of halogens is 3. The van der Waals surface area contributed by atoms with Gasteiger partial charge in [0.25, 0.3) is 0 Å². The quantitative estimate of drug-likeness (QED) is 0.601. The molecular formula is C6H9BF3KN2O. The van der Waals surface area contributed by atoms with Crippen molar-refractivity contribution in [2.75, 3.05) is 6.51 Å². The van der Waals surface area contributed by atoms with Crippen LogP contribution in [0.2, 0.25) is 0 Å². The van der Waals surface area contributed by atoms with Crippen molar-refractivity contribution < 1.29 is 69.1 Å². The van der Waals surface area contributed by atoms with Crippen LogP contribution >= 0.6 is 0 Å². The molecule has 0 bridgehead atoms. The van der Waals surface area contributed by atoms with Crippen LogP contribution in [0.15, 0.2) is 12.4 Å². The van der Waals surface area contributed by atoms with Gasteiger partial charge >= 0.3 is 58.4 Å². The predicted octanol–water partition coefficient (Wildman–Crippen LogP) is -1.33. The van der Waals surface area contributed by atoms with Crippen LogP contribution < -0.4 is 56.1 Å². The van der Waals surface area contributed by atoms with Gasteiger partial charge in [-0.25, -0.2) is 0 Å². The number of aromatic nitrogens is 2. The van der Waals surface area contributed by atoms with E-state index in [4.69, 9.17) is 0 Å². The Balaban J connectivity index is 0.00000169. The molecule has 0 aliphatic heterocycles. The molecule has 0 aliphatic rings. The Morgan fingerprint density at radius 1 is 1.50 bits per heavy atom. The Bertz CT molecular complexity index is 278. The van der Waals surface area contributed by atoms with Crippen molar-refractivity contribution in [3.8, 4) is 5.75 Å². The van der Waals surface area contributed by atoms with Crippen molar-refractivity contribution in [3.05, 3.63) is 12.4 Å². The Kier molecular flexibility index (Phi) is 6.38. The van der Waals surface area contributed by atoms with E-state index in [1.165, 1.54) is 17.1 Å². The zero-order chi connectivity index (χ0) is 9.90. The predicted molar refractivity (Wildman–Crippen MR) is 42.5 cm³/mol. The van der Waals surface area contributed by atoms with Gasteiger partial charge in [0.15, 0.2) is 5.75 Å². The van der Waals surface area contributed by atoms with Gasteiger partial charge in [-0.05, 0) is 6.92 Å². The fraction of sp³-hybridized carbons (Fsp3) is 0.500. The first-order chi connectivity index (χ1) is 6.01. The van der Waals surface area contributed by atoms with Crippen LogP contribution in [0.25, 0.3) is 0 Å². The van der Waals surface area contributed by atoms with Gasteiger partial charge in [0.05, 0.1) is 18.9 Å². The second kappa shape index (κ2) is 6.16. The van der Waals surface area contributed by atoms with Gasteiger partial charge in [0.2, 0.25) is 0 Å². The molecule has 0 spiro atoms. The maximum Gasteiger partial charge on any atom is 1.00 e. The molecule has 0 aliphatic carbocycles. The molecule has 1 heterocycles. The van der Waals surface area contributed by atoms with E-state index in [0.29, 0.717) is 6.54 Å². The number of hydrogen-bond acceptors (Lipinski definition) is 2. The number of rotatable bonds is 4. The van der Waals surface area contributed by atoms with Crippen LogP contribution in [0.4, 0.5) is 12.9 Å². The molecule has 0 radical (unpaired) electrons. The van der Waals surface area contributed by atoms with Crippen LogP contribution in [0.3, 0.4) is 0 Å². The van der Waals surface area contributed by atoms with E-state index in [2.05, 4.69) is 9.84 Å². The maximum absolute atomic E-state index is 11.7. The van der Waals surface area contributed by atoms with Crippen LogP contribution in [0.1, 0.15) is 6.92 Å². The Morgan fingerprint density at radius 3 is 2.57 bits per heavy atom. The average molecular weight is 232 g/mol. The summed E-state index contributed by atoms with van der Waals surface area (Å²) >= 11 is 0. The SMILES string of the molecule is CCn1cc(OC[B-](F)(F)F)cn1.[K+]. The fourth-order valence-corrected chi connectivity index (χ4v) is 0.783. The van der Waals surface area contributed by atoms with E-state index in [0.717, 1.165) is 0 Å². The molecule has 1 rings (SSSR count). The Labute approximate surface area is 122 Å². The minimum Gasteiger partial charge on any atom is -0.519 e. The third-order valence-corrected chi connectivity index (χ3v) is 1.37. The molecular weight excluding hydrogens is 223 g/mol. The summed E-state index contributed by atoms with van der Waals surface area (Å²) in [6, 6.07) is 0. The van der Waals surface area contributed by atoms with Crippen LogP contribution in [0, 0.1) is 0 Å². The van der Waals surface area contributed by atoms with Crippen LogP contribution in [0.5, 0.6) is 5.75 Å². The van der Waals surface area contributed by atoms with Gasteiger partial charge < -0.3 is 17.7 Å². The summed E-state index contributed by atoms with van der Waals surface area (Å²) in [5.41, 5.74) is 0. The smallest absolute Gasteiger partial charge is 0.519 e. The molecule has 1 aromatic rings. The van der Waals surface area contributed by atoms with Crippen LogP contribution in [-0.2, 0) is 6.54 Å². The third-order valence-electron chi connectivity index (χ3n) is 1.37. The summed E-state index contributed by atoms with van der Waals surface area (Å²) in [5, 5.41) is 3.77. The molecule has 0 aromatic carbocycles. The molecule has 1 aromatic heterocycles. The first-order valence-electron chi connectivity index (χ1n) is 3.87. The average Bonchev–Trinajstić information content (AvgIpc) is 2.47. The maximum atomic E-state index is 11.7. The number of hydrogen-bond donors (Lipinski definition) is 0. The first kappa shape index (κ1) is 14.5. The van der Waals surface area contributed by atoms with E-state index in [1.807, 2.05) is 6.92 Å². The summed E-state index contributed by atoms with van der Waals surface area (Å²) in [6.07, 6.45) is 2.70. The van der Waals surface area contributed by atoms with Crippen molar-refractivity contribution in [2.45, 2.75) is 13.5 Å². The molecule has 14 heavy (non-hydrogen) atoms. The summed E-state index contributed by atoms with van der Waals surface area (Å²) in [6.45, 7) is -3.65. The van der Waals surface area contributed by atoms with Gasteiger partial charge in [0, 0.05) is 6.54 Å². The van der Waals surface area contributed by atoms with E-state index in [-0.39, 0.29) is 57.1 Å². The van der Waals surface area contributed by atoms with E-state index < -0.39 is 13.5 Å². The summed E-state index contributed by atoms with van der Waals surface area (Å²) in [4.78, 5) is 0. The zero-order valence-electron chi connectivity index (χ0n) is 8.08.